The highest BCUT2D eigenvalue weighted by atomic mass is 31.2. The Labute approximate surface area is 85.6 Å². The Bertz CT molecular complexity index is 263. The lowest BCUT2D eigenvalue weighted by atomic mass is 9.93. The molecule has 14 heavy (non-hydrogen) atoms. The molecule has 0 radical (unpaired) electrons. The molecule has 0 spiro atoms. The van der Waals surface area contributed by atoms with Gasteiger partial charge in [0.05, 0.1) is 6.61 Å². The number of hydrogen-bond acceptors (Lipinski definition) is 3. The lowest BCUT2D eigenvalue weighted by Gasteiger charge is -2.37. The number of allylic oxidation sites excluding steroid dienone is 1. The van der Waals surface area contributed by atoms with Gasteiger partial charge in [0.15, 0.2) is 0 Å². The minimum atomic E-state index is -2.89. The van der Waals surface area contributed by atoms with E-state index in [1.54, 1.807) is 6.92 Å². The third kappa shape index (κ3) is 2.28. The highest BCUT2D eigenvalue weighted by Gasteiger charge is 2.45. The first kappa shape index (κ1) is 12.0. The molecule has 1 saturated carbocycles. The van der Waals surface area contributed by atoms with Gasteiger partial charge in [0.25, 0.3) is 0 Å². The summed E-state index contributed by atoms with van der Waals surface area (Å²) in [5.74, 6) is 0. The van der Waals surface area contributed by atoms with Crippen molar-refractivity contribution in [3.8, 4) is 0 Å². The molecule has 1 aliphatic carbocycles. The van der Waals surface area contributed by atoms with Crippen molar-refractivity contribution in [1.29, 1.82) is 0 Å². The van der Waals surface area contributed by atoms with Crippen LogP contribution in [0, 0.1) is 0 Å². The van der Waals surface area contributed by atoms with Crippen LogP contribution in [0.25, 0.3) is 0 Å². The topological polar surface area (TPSA) is 46.5 Å². The molecular weight excluding hydrogens is 199 g/mol. The van der Waals surface area contributed by atoms with E-state index >= 15 is 0 Å². The van der Waals surface area contributed by atoms with E-state index in [1.807, 2.05) is 0 Å². The maximum atomic E-state index is 12.1. The number of hydrogen-bond donors (Lipinski definition) is 1. The average molecular weight is 218 g/mol. The minimum absolute atomic E-state index is 0.386. The van der Waals surface area contributed by atoms with E-state index in [4.69, 9.17) is 4.52 Å². The highest BCUT2D eigenvalue weighted by molar-refractivity contribution is 7.59. The average Bonchev–Trinajstić information content (AvgIpc) is 2.10. The summed E-state index contributed by atoms with van der Waals surface area (Å²) >= 11 is 0. The summed E-state index contributed by atoms with van der Waals surface area (Å²) in [7, 11) is -2.89. The molecule has 0 amide bonds. The zero-order valence-electron chi connectivity index (χ0n) is 8.95. The second-order valence-electron chi connectivity index (χ2n) is 4.00. The Balaban J connectivity index is 2.74. The van der Waals surface area contributed by atoms with Crippen LogP contribution in [0.5, 0.6) is 0 Å². The van der Waals surface area contributed by atoms with Crippen molar-refractivity contribution in [3.05, 3.63) is 12.2 Å². The van der Waals surface area contributed by atoms with Crippen molar-refractivity contribution in [3.63, 3.8) is 0 Å². The lowest BCUT2D eigenvalue weighted by molar-refractivity contribution is 0.0756. The molecule has 1 rings (SSSR count). The van der Waals surface area contributed by atoms with Gasteiger partial charge in [0.1, 0.15) is 5.34 Å². The molecule has 0 saturated heterocycles. The summed E-state index contributed by atoms with van der Waals surface area (Å²) < 4.78 is 17.3. The van der Waals surface area contributed by atoms with E-state index in [0.29, 0.717) is 19.4 Å². The van der Waals surface area contributed by atoms with Crippen LogP contribution in [-0.4, -0.2) is 23.7 Å². The molecule has 0 aliphatic heterocycles. The summed E-state index contributed by atoms with van der Waals surface area (Å²) in [4.78, 5) is 0. The van der Waals surface area contributed by atoms with Crippen LogP contribution >= 0.6 is 7.37 Å². The second-order valence-corrected chi connectivity index (χ2v) is 6.78. The fourth-order valence-electron chi connectivity index (χ4n) is 1.78. The van der Waals surface area contributed by atoms with E-state index in [2.05, 4.69) is 6.58 Å². The second kappa shape index (κ2) is 4.18. The largest absolute Gasteiger partial charge is 0.380 e. The normalized spacial score (nSPS) is 25.8. The SMILES string of the molecule is C=C1CCC(O)(P(C)(=O)OCC)CC1. The number of rotatable bonds is 3. The lowest BCUT2D eigenvalue weighted by Crippen LogP contribution is -2.32. The van der Waals surface area contributed by atoms with Gasteiger partial charge in [-0.25, -0.2) is 0 Å². The van der Waals surface area contributed by atoms with Gasteiger partial charge in [-0.2, -0.15) is 0 Å². The third-order valence-corrected chi connectivity index (χ3v) is 5.60. The van der Waals surface area contributed by atoms with Crippen LogP contribution in [0.15, 0.2) is 12.2 Å². The summed E-state index contributed by atoms with van der Waals surface area (Å²) in [5, 5.41) is 9.10. The molecule has 3 nitrogen and oxygen atoms in total. The van der Waals surface area contributed by atoms with Crippen LogP contribution < -0.4 is 0 Å². The quantitative estimate of drug-likeness (QED) is 0.585. The van der Waals surface area contributed by atoms with Crippen LogP contribution in [0.1, 0.15) is 32.6 Å². The number of aliphatic hydroxyl groups is 1. The van der Waals surface area contributed by atoms with Gasteiger partial charge in [0.2, 0.25) is 7.37 Å². The molecule has 1 aliphatic rings. The van der Waals surface area contributed by atoms with Gasteiger partial charge in [-0.1, -0.05) is 12.2 Å². The fraction of sp³-hybridized carbons (Fsp3) is 0.800. The zero-order valence-corrected chi connectivity index (χ0v) is 9.85. The molecule has 1 fully saturated rings. The van der Waals surface area contributed by atoms with E-state index < -0.39 is 12.7 Å². The molecular formula is C10H19O3P. The van der Waals surface area contributed by atoms with Crippen molar-refractivity contribution in [1.82, 2.24) is 0 Å². The Morgan fingerprint density at radius 1 is 1.57 bits per heavy atom. The molecule has 0 aromatic heterocycles. The van der Waals surface area contributed by atoms with Crippen molar-refractivity contribution in [2.45, 2.75) is 37.9 Å². The highest BCUT2D eigenvalue weighted by Crippen LogP contribution is 2.60. The molecule has 0 aromatic rings. The van der Waals surface area contributed by atoms with Crippen molar-refractivity contribution < 1.29 is 14.2 Å². The summed E-state index contributed by atoms with van der Waals surface area (Å²) in [6.45, 7) is 7.58. The first-order valence-corrected chi connectivity index (χ1v) is 7.10. The molecule has 4 heteroatoms. The summed E-state index contributed by atoms with van der Waals surface area (Å²) in [5.41, 5.74) is 1.13. The van der Waals surface area contributed by atoms with E-state index in [9.17, 15) is 9.67 Å². The van der Waals surface area contributed by atoms with Gasteiger partial charge >= 0.3 is 0 Å². The Kier molecular flexibility index (Phi) is 3.57. The Morgan fingerprint density at radius 2 is 2.07 bits per heavy atom. The molecule has 0 aromatic carbocycles. The first-order valence-electron chi connectivity index (χ1n) is 5.02. The zero-order chi connectivity index (χ0) is 10.8. The van der Waals surface area contributed by atoms with Gasteiger partial charge in [-0.15, -0.1) is 0 Å². The standard InChI is InChI=1S/C10H19O3P/c1-4-13-14(3,12)10(11)7-5-9(2)6-8-10/h11H,2,4-8H2,1,3H3. The van der Waals surface area contributed by atoms with Crippen molar-refractivity contribution >= 4 is 7.37 Å². The molecule has 1 N–H and O–H groups in total. The molecule has 0 bridgehead atoms. The molecule has 1 unspecified atom stereocenters. The Morgan fingerprint density at radius 3 is 2.50 bits per heavy atom. The van der Waals surface area contributed by atoms with Crippen LogP contribution in [0.2, 0.25) is 0 Å². The summed E-state index contributed by atoms with van der Waals surface area (Å²) in [6, 6.07) is 0. The van der Waals surface area contributed by atoms with Crippen LogP contribution in [0.3, 0.4) is 0 Å². The van der Waals surface area contributed by atoms with E-state index in [-0.39, 0.29) is 0 Å². The van der Waals surface area contributed by atoms with Gasteiger partial charge in [0, 0.05) is 6.66 Å². The van der Waals surface area contributed by atoms with E-state index in [0.717, 1.165) is 18.4 Å². The molecule has 82 valence electrons. The third-order valence-electron chi connectivity index (χ3n) is 2.89. The van der Waals surface area contributed by atoms with Crippen molar-refractivity contribution in [2.75, 3.05) is 13.3 Å². The van der Waals surface area contributed by atoms with Gasteiger partial charge in [-0.3, -0.25) is 4.57 Å². The molecule has 0 heterocycles. The smallest absolute Gasteiger partial charge is 0.230 e. The first-order chi connectivity index (χ1) is 6.41. The monoisotopic (exact) mass is 218 g/mol. The van der Waals surface area contributed by atoms with Crippen LogP contribution in [0.4, 0.5) is 0 Å². The molecule has 1 atom stereocenters. The van der Waals surface area contributed by atoms with Gasteiger partial charge in [-0.05, 0) is 32.6 Å². The minimum Gasteiger partial charge on any atom is -0.380 e. The van der Waals surface area contributed by atoms with Gasteiger partial charge < -0.3 is 9.63 Å². The fourth-order valence-corrected chi connectivity index (χ4v) is 3.55. The van der Waals surface area contributed by atoms with E-state index in [1.165, 1.54) is 6.66 Å². The van der Waals surface area contributed by atoms with Crippen molar-refractivity contribution in [2.24, 2.45) is 0 Å². The maximum absolute atomic E-state index is 12.1. The predicted molar refractivity (Wildman–Crippen MR) is 57.7 cm³/mol. The van der Waals surface area contributed by atoms with Crippen LogP contribution in [-0.2, 0) is 9.09 Å². The predicted octanol–water partition coefficient (Wildman–Crippen LogP) is 2.75. The summed E-state index contributed by atoms with van der Waals surface area (Å²) in [6.07, 6.45) is 2.53. The maximum Gasteiger partial charge on any atom is 0.230 e. The Hall–Kier alpha value is -0.110.